The molecule has 3 nitrogen and oxygen atoms in total. The molecule has 0 spiro atoms. The summed E-state index contributed by atoms with van der Waals surface area (Å²) in [6.07, 6.45) is 1.10. The number of hydrogen-bond acceptors (Lipinski definition) is 3. The minimum absolute atomic E-state index is 0.354. The third-order valence-electron chi connectivity index (χ3n) is 3.26. The lowest BCUT2D eigenvalue weighted by Gasteiger charge is -2.17. The van der Waals surface area contributed by atoms with Crippen LogP contribution in [0.1, 0.15) is 46.6 Å². The zero-order valence-electron chi connectivity index (χ0n) is 14.9. The molecule has 0 atom stereocenters. The minimum atomic E-state index is 0.354. The zero-order valence-corrected chi connectivity index (χ0v) is 14.9. The smallest absolute Gasteiger partial charge is 0.119 e. The summed E-state index contributed by atoms with van der Waals surface area (Å²) in [5.74, 6) is 1.50. The summed E-state index contributed by atoms with van der Waals surface area (Å²) in [5.41, 5.74) is 1.62. The van der Waals surface area contributed by atoms with E-state index in [-0.39, 0.29) is 0 Å². The number of ether oxygens (including phenoxy) is 2. The number of rotatable bonds is 10. The average molecular weight is 307 g/mol. The van der Waals surface area contributed by atoms with Gasteiger partial charge in [0.15, 0.2) is 0 Å². The molecule has 22 heavy (non-hydrogen) atoms. The molecule has 0 amide bonds. The van der Waals surface area contributed by atoms with Crippen LogP contribution < -0.4 is 10.1 Å². The summed E-state index contributed by atoms with van der Waals surface area (Å²) in [6, 6.07) is 8.31. The number of hydrogen-bond donors (Lipinski definition) is 1. The van der Waals surface area contributed by atoms with Gasteiger partial charge in [0.1, 0.15) is 5.75 Å². The summed E-state index contributed by atoms with van der Waals surface area (Å²) < 4.78 is 11.3. The largest absolute Gasteiger partial charge is 0.493 e. The molecular formula is C19H33NO2. The summed E-state index contributed by atoms with van der Waals surface area (Å²) >= 11 is 0. The van der Waals surface area contributed by atoms with Gasteiger partial charge in [0.25, 0.3) is 0 Å². The van der Waals surface area contributed by atoms with E-state index in [1.807, 2.05) is 12.1 Å². The third kappa shape index (κ3) is 9.80. The van der Waals surface area contributed by atoms with Crippen molar-refractivity contribution in [2.45, 2.75) is 47.6 Å². The van der Waals surface area contributed by atoms with Crippen molar-refractivity contribution >= 4 is 0 Å². The third-order valence-corrected chi connectivity index (χ3v) is 3.26. The molecule has 1 aromatic carbocycles. The molecule has 0 saturated heterocycles. The summed E-state index contributed by atoms with van der Waals surface area (Å²) in [6.45, 7) is 15.2. The number of nitrogens with one attached hydrogen (secondary N) is 1. The first-order valence-corrected chi connectivity index (χ1v) is 8.37. The van der Waals surface area contributed by atoms with Crippen LogP contribution in [-0.4, -0.2) is 26.4 Å². The molecule has 0 radical (unpaired) electrons. The summed E-state index contributed by atoms with van der Waals surface area (Å²) in [4.78, 5) is 0. The first-order chi connectivity index (χ1) is 10.4. The van der Waals surface area contributed by atoms with E-state index in [0.29, 0.717) is 11.3 Å². The lowest BCUT2D eigenvalue weighted by atomic mass is 9.93. The van der Waals surface area contributed by atoms with Crippen LogP contribution in [0.4, 0.5) is 0 Å². The van der Waals surface area contributed by atoms with Crippen molar-refractivity contribution in [2.75, 3.05) is 26.4 Å². The van der Waals surface area contributed by atoms with Gasteiger partial charge in [0.2, 0.25) is 0 Å². The molecule has 0 aliphatic rings. The fourth-order valence-electron chi connectivity index (χ4n) is 1.82. The van der Waals surface area contributed by atoms with Crippen LogP contribution in [0.25, 0.3) is 0 Å². The molecular weight excluding hydrogens is 274 g/mol. The van der Waals surface area contributed by atoms with Crippen LogP contribution in [0.15, 0.2) is 24.3 Å². The SMILES string of the molecule is CC(C)COc1ccc(CNCCOCCC(C)(C)C)cc1. The van der Waals surface area contributed by atoms with Crippen molar-refractivity contribution in [2.24, 2.45) is 11.3 Å². The molecule has 1 aromatic rings. The monoisotopic (exact) mass is 307 g/mol. The average Bonchev–Trinajstić information content (AvgIpc) is 2.44. The Morgan fingerprint density at radius 1 is 1.05 bits per heavy atom. The van der Waals surface area contributed by atoms with Crippen LogP contribution in [-0.2, 0) is 11.3 Å². The van der Waals surface area contributed by atoms with E-state index >= 15 is 0 Å². The molecule has 126 valence electrons. The maximum absolute atomic E-state index is 5.68. The zero-order chi connectivity index (χ0) is 16.4. The van der Waals surface area contributed by atoms with Crippen molar-refractivity contribution < 1.29 is 9.47 Å². The standard InChI is InChI=1S/C19H33NO2/c1-16(2)15-22-18-8-6-17(7-9-18)14-20-11-13-21-12-10-19(3,4)5/h6-9,16,20H,10-15H2,1-5H3. The predicted molar refractivity (Wildman–Crippen MR) is 93.4 cm³/mol. The van der Waals surface area contributed by atoms with Crippen LogP contribution in [0, 0.1) is 11.3 Å². The molecule has 0 aromatic heterocycles. The van der Waals surface area contributed by atoms with Crippen LogP contribution in [0.3, 0.4) is 0 Å². The van der Waals surface area contributed by atoms with Gasteiger partial charge >= 0.3 is 0 Å². The second-order valence-corrected chi connectivity index (χ2v) is 7.45. The van der Waals surface area contributed by atoms with E-state index in [1.54, 1.807) is 0 Å². The molecule has 0 fully saturated rings. The Bertz CT molecular complexity index is 393. The highest BCUT2D eigenvalue weighted by Crippen LogP contribution is 2.17. The van der Waals surface area contributed by atoms with E-state index < -0.39 is 0 Å². The van der Waals surface area contributed by atoms with Crippen molar-refractivity contribution in [1.29, 1.82) is 0 Å². The highest BCUT2D eigenvalue weighted by molar-refractivity contribution is 5.27. The summed E-state index contributed by atoms with van der Waals surface area (Å²) in [5, 5.41) is 3.40. The minimum Gasteiger partial charge on any atom is -0.493 e. The van der Waals surface area contributed by atoms with E-state index in [2.05, 4.69) is 52.1 Å². The fourth-order valence-corrected chi connectivity index (χ4v) is 1.82. The maximum Gasteiger partial charge on any atom is 0.119 e. The predicted octanol–water partition coefficient (Wildman–Crippen LogP) is 4.26. The Labute approximate surface area is 136 Å². The van der Waals surface area contributed by atoms with Crippen LogP contribution in [0.2, 0.25) is 0 Å². The Morgan fingerprint density at radius 2 is 1.73 bits per heavy atom. The van der Waals surface area contributed by atoms with Gasteiger partial charge in [-0.05, 0) is 35.4 Å². The highest BCUT2D eigenvalue weighted by Gasteiger charge is 2.08. The van der Waals surface area contributed by atoms with Crippen molar-refractivity contribution in [3.63, 3.8) is 0 Å². The number of benzene rings is 1. The van der Waals surface area contributed by atoms with Gasteiger partial charge in [-0.3, -0.25) is 0 Å². The lowest BCUT2D eigenvalue weighted by Crippen LogP contribution is -2.20. The van der Waals surface area contributed by atoms with Gasteiger partial charge < -0.3 is 14.8 Å². The van der Waals surface area contributed by atoms with Gasteiger partial charge in [0, 0.05) is 19.7 Å². The van der Waals surface area contributed by atoms with Gasteiger partial charge in [-0.2, -0.15) is 0 Å². The lowest BCUT2D eigenvalue weighted by molar-refractivity contribution is 0.110. The van der Waals surface area contributed by atoms with Crippen molar-refractivity contribution in [3.05, 3.63) is 29.8 Å². The highest BCUT2D eigenvalue weighted by atomic mass is 16.5. The molecule has 0 aliphatic carbocycles. The Kier molecular flexibility index (Phi) is 8.51. The maximum atomic E-state index is 5.68. The quantitative estimate of drug-likeness (QED) is 0.655. The van der Waals surface area contributed by atoms with Crippen LogP contribution in [0.5, 0.6) is 5.75 Å². The fraction of sp³-hybridized carbons (Fsp3) is 0.684. The molecule has 0 aliphatic heterocycles. The summed E-state index contributed by atoms with van der Waals surface area (Å²) in [7, 11) is 0. The van der Waals surface area contributed by atoms with Gasteiger partial charge in [0.05, 0.1) is 13.2 Å². The van der Waals surface area contributed by atoms with E-state index in [1.165, 1.54) is 5.56 Å². The molecule has 3 heteroatoms. The van der Waals surface area contributed by atoms with Crippen LogP contribution >= 0.6 is 0 Å². The molecule has 1 N–H and O–H groups in total. The molecule has 0 bridgehead atoms. The van der Waals surface area contributed by atoms with Gasteiger partial charge in [-0.25, -0.2) is 0 Å². The Hall–Kier alpha value is -1.06. The van der Waals surface area contributed by atoms with E-state index in [4.69, 9.17) is 9.47 Å². The first kappa shape index (κ1) is 19.0. The Morgan fingerprint density at radius 3 is 2.32 bits per heavy atom. The van der Waals surface area contributed by atoms with Gasteiger partial charge in [-0.1, -0.05) is 46.8 Å². The first-order valence-electron chi connectivity index (χ1n) is 8.37. The molecule has 0 saturated carbocycles. The van der Waals surface area contributed by atoms with E-state index in [9.17, 15) is 0 Å². The van der Waals surface area contributed by atoms with Crippen molar-refractivity contribution in [1.82, 2.24) is 5.32 Å². The van der Waals surface area contributed by atoms with E-state index in [0.717, 1.165) is 45.1 Å². The second kappa shape index (κ2) is 9.86. The topological polar surface area (TPSA) is 30.5 Å². The Balaban J connectivity index is 2.10. The normalized spacial score (nSPS) is 11.9. The van der Waals surface area contributed by atoms with Crippen molar-refractivity contribution in [3.8, 4) is 5.75 Å². The molecule has 1 rings (SSSR count). The molecule has 0 heterocycles. The second-order valence-electron chi connectivity index (χ2n) is 7.45. The molecule has 0 unspecified atom stereocenters. The van der Waals surface area contributed by atoms with Gasteiger partial charge in [-0.15, -0.1) is 0 Å².